The third kappa shape index (κ3) is 2.99. The average Bonchev–Trinajstić information content (AvgIpc) is 3.09. The summed E-state index contributed by atoms with van der Waals surface area (Å²) in [5, 5.41) is 3.64. The highest BCUT2D eigenvalue weighted by Gasteiger charge is 2.28. The van der Waals surface area contributed by atoms with E-state index < -0.39 is 0 Å². The lowest BCUT2D eigenvalue weighted by Gasteiger charge is -2.33. The molecule has 1 aromatic heterocycles. The number of hydrogen-bond donors (Lipinski definition) is 1. The van der Waals surface area contributed by atoms with Crippen molar-refractivity contribution in [2.75, 3.05) is 32.8 Å². The van der Waals surface area contributed by atoms with Gasteiger partial charge in [0.05, 0.1) is 13.2 Å². The molecule has 0 aliphatic carbocycles. The summed E-state index contributed by atoms with van der Waals surface area (Å²) in [5.41, 5.74) is 0. The van der Waals surface area contributed by atoms with E-state index in [0.717, 1.165) is 45.9 Å². The van der Waals surface area contributed by atoms with Crippen LogP contribution in [0.3, 0.4) is 0 Å². The fraction of sp³-hybridized carbons (Fsp3) is 0.786. The third-order valence-electron chi connectivity index (χ3n) is 4.28. The first-order valence-electron chi connectivity index (χ1n) is 7.40. The molecule has 5 heteroatoms. The number of imidazole rings is 1. The summed E-state index contributed by atoms with van der Waals surface area (Å²) in [5.74, 6) is 1.87. The van der Waals surface area contributed by atoms with Gasteiger partial charge >= 0.3 is 0 Å². The van der Waals surface area contributed by atoms with Crippen LogP contribution in [0, 0.1) is 5.92 Å². The summed E-state index contributed by atoms with van der Waals surface area (Å²) in [6.45, 7) is 9.33. The minimum Gasteiger partial charge on any atom is -0.381 e. The van der Waals surface area contributed by atoms with E-state index in [9.17, 15) is 0 Å². The highest BCUT2D eigenvalue weighted by molar-refractivity contribution is 4.96. The van der Waals surface area contributed by atoms with Crippen LogP contribution >= 0.6 is 0 Å². The molecule has 2 aliphatic rings. The Labute approximate surface area is 114 Å². The predicted octanol–water partition coefficient (Wildman–Crippen LogP) is 0.713. The molecule has 0 radical (unpaired) electrons. The van der Waals surface area contributed by atoms with Crippen LogP contribution in [-0.4, -0.2) is 53.3 Å². The number of fused-ring (bicyclic) bond motifs is 1. The molecule has 0 spiro atoms. The molecule has 1 N–H and O–H groups in total. The van der Waals surface area contributed by atoms with Gasteiger partial charge in [-0.1, -0.05) is 6.92 Å². The predicted molar refractivity (Wildman–Crippen MR) is 73.9 cm³/mol. The van der Waals surface area contributed by atoms with Gasteiger partial charge in [-0.2, -0.15) is 0 Å². The van der Waals surface area contributed by atoms with Crippen molar-refractivity contribution in [3.8, 4) is 0 Å². The molecule has 106 valence electrons. The first-order valence-corrected chi connectivity index (χ1v) is 7.40. The summed E-state index contributed by atoms with van der Waals surface area (Å²) in [7, 11) is 0. The molecular weight excluding hydrogens is 240 g/mol. The summed E-state index contributed by atoms with van der Waals surface area (Å²) >= 11 is 0. The maximum atomic E-state index is 5.54. The Kier molecular flexibility index (Phi) is 4.15. The number of nitrogens with one attached hydrogen (secondary N) is 1. The maximum Gasteiger partial charge on any atom is 0.122 e. The Morgan fingerprint density at radius 3 is 3.26 bits per heavy atom. The molecule has 2 unspecified atom stereocenters. The lowest BCUT2D eigenvalue weighted by Crippen LogP contribution is -2.47. The average molecular weight is 264 g/mol. The van der Waals surface area contributed by atoms with Crippen LogP contribution in [-0.2, 0) is 17.8 Å². The second-order valence-electron chi connectivity index (χ2n) is 5.56. The van der Waals surface area contributed by atoms with Crippen molar-refractivity contribution in [3.63, 3.8) is 0 Å². The molecule has 1 fully saturated rings. The van der Waals surface area contributed by atoms with Gasteiger partial charge in [-0.15, -0.1) is 0 Å². The van der Waals surface area contributed by atoms with Gasteiger partial charge in [0.2, 0.25) is 0 Å². The largest absolute Gasteiger partial charge is 0.381 e. The van der Waals surface area contributed by atoms with Crippen molar-refractivity contribution in [3.05, 3.63) is 18.2 Å². The monoisotopic (exact) mass is 264 g/mol. The number of ether oxygens (including phenoxy) is 1. The molecule has 1 saturated heterocycles. The highest BCUT2D eigenvalue weighted by Crippen LogP contribution is 2.19. The van der Waals surface area contributed by atoms with Gasteiger partial charge < -0.3 is 14.6 Å². The van der Waals surface area contributed by atoms with Gasteiger partial charge in [0.1, 0.15) is 5.82 Å². The van der Waals surface area contributed by atoms with E-state index in [0.29, 0.717) is 12.0 Å². The normalized spacial score (nSPS) is 25.4. The third-order valence-corrected chi connectivity index (χ3v) is 4.28. The molecule has 2 aliphatic heterocycles. The van der Waals surface area contributed by atoms with Crippen LogP contribution in [0.2, 0.25) is 0 Å². The molecule has 3 rings (SSSR count). The second kappa shape index (κ2) is 6.03. The number of rotatable bonds is 5. The summed E-state index contributed by atoms with van der Waals surface area (Å²) in [6, 6.07) is 0.550. The van der Waals surface area contributed by atoms with Gasteiger partial charge in [0, 0.05) is 50.6 Å². The van der Waals surface area contributed by atoms with E-state index in [1.807, 2.05) is 6.20 Å². The van der Waals surface area contributed by atoms with Crippen molar-refractivity contribution in [1.82, 2.24) is 19.8 Å². The number of nitrogens with zero attached hydrogens (tertiary/aromatic N) is 3. The minimum atomic E-state index is 0.550. The van der Waals surface area contributed by atoms with Crippen LogP contribution in [0.5, 0.6) is 0 Å². The Hall–Kier alpha value is -0.910. The zero-order valence-corrected chi connectivity index (χ0v) is 11.7. The molecule has 0 amide bonds. The first-order chi connectivity index (χ1) is 9.36. The first kappa shape index (κ1) is 13.1. The Balaban J connectivity index is 1.59. The standard InChI is InChI=1S/C14H24N4O/c1-2-15-13(12-3-8-19-11-12)9-17-6-7-18-5-4-16-14(18)10-17/h4-5,12-13,15H,2-3,6-11H2,1H3. The molecule has 19 heavy (non-hydrogen) atoms. The highest BCUT2D eigenvalue weighted by atomic mass is 16.5. The Bertz CT molecular complexity index is 400. The van der Waals surface area contributed by atoms with Crippen molar-refractivity contribution in [2.24, 2.45) is 5.92 Å². The van der Waals surface area contributed by atoms with Crippen LogP contribution in [0.4, 0.5) is 0 Å². The molecular formula is C14H24N4O. The lowest BCUT2D eigenvalue weighted by molar-refractivity contribution is 0.148. The Morgan fingerprint density at radius 1 is 1.53 bits per heavy atom. The number of hydrogen-bond acceptors (Lipinski definition) is 4. The Morgan fingerprint density at radius 2 is 2.47 bits per heavy atom. The van der Waals surface area contributed by atoms with Crippen LogP contribution in [0.25, 0.3) is 0 Å². The fourth-order valence-electron chi connectivity index (χ4n) is 3.17. The summed E-state index contributed by atoms with van der Waals surface area (Å²) < 4.78 is 7.80. The van der Waals surface area contributed by atoms with Gasteiger partial charge in [-0.3, -0.25) is 4.90 Å². The minimum absolute atomic E-state index is 0.550. The van der Waals surface area contributed by atoms with Gasteiger partial charge in [-0.05, 0) is 13.0 Å². The van der Waals surface area contributed by atoms with E-state index in [1.165, 1.54) is 12.2 Å². The zero-order chi connectivity index (χ0) is 13.1. The molecule has 2 atom stereocenters. The van der Waals surface area contributed by atoms with E-state index in [1.54, 1.807) is 0 Å². The molecule has 5 nitrogen and oxygen atoms in total. The van der Waals surface area contributed by atoms with Gasteiger partial charge in [-0.25, -0.2) is 4.98 Å². The maximum absolute atomic E-state index is 5.54. The smallest absolute Gasteiger partial charge is 0.122 e. The van der Waals surface area contributed by atoms with Gasteiger partial charge in [0.15, 0.2) is 0 Å². The van der Waals surface area contributed by atoms with E-state index >= 15 is 0 Å². The zero-order valence-electron chi connectivity index (χ0n) is 11.7. The SMILES string of the molecule is CCNC(CN1CCn2ccnc2C1)C1CCOC1. The van der Waals surface area contributed by atoms with E-state index in [-0.39, 0.29) is 0 Å². The van der Waals surface area contributed by atoms with Crippen LogP contribution in [0.1, 0.15) is 19.2 Å². The summed E-state index contributed by atoms with van der Waals surface area (Å²) in [4.78, 5) is 6.96. The second-order valence-corrected chi connectivity index (χ2v) is 5.56. The number of aromatic nitrogens is 2. The van der Waals surface area contributed by atoms with Crippen molar-refractivity contribution >= 4 is 0 Å². The topological polar surface area (TPSA) is 42.3 Å². The van der Waals surface area contributed by atoms with Gasteiger partial charge in [0.25, 0.3) is 0 Å². The summed E-state index contributed by atoms with van der Waals surface area (Å²) in [6.07, 6.45) is 5.19. The van der Waals surface area contributed by atoms with Crippen molar-refractivity contribution in [2.45, 2.75) is 32.5 Å². The van der Waals surface area contributed by atoms with E-state index in [2.05, 4.69) is 32.9 Å². The number of likely N-dealkylation sites (N-methyl/N-ethyl adjacent to an activating group) is 1. The molecule has 1 aromatic rings. The van der Waals surface area contributed by atoms with E-state index in [4.69, 9.17) is 4.74 Å². The van der Waals surface area contributed by atoms with Crippen molar-refractivity contribution in [1.29, 1.82) is 0 Å². The molecule has 0 bridgehead atoms. The molecule has 0 aromatic carbocycles. The van der Waals surface area contributed by atoms with Crippen LogP contribution in [0.15, 0.2) is 12.4 Å². The van der Waals surface area contributed by atoms with Crippen LogP contribution < -0.4 is 5.32 Å². The lowest BCUT2D eigenvalue weighted by atomic mass is 9.98. The quantitative estimate of drug-likeness (QED) is 0.851. The van der Waals surface area contributed by atoms with Crippen molar-refractivity contribution < 1.29 is 4.74 Å². The fourth-order valence-corrected chi connectivity index (χ4v) is 3.17. The molecule has 3 heterocycles. The molecule has 0 saturated carbocycles.